The number of para-hydroxylation sites is 1. The second-order valence-electron chi connectivity index (χ2n) is 6.07. The van der Waals surface area contributed by atoms with Crippen molar-refractivity contribution >= 4 is 44.2 Å². The number of thiazole rings is 1. The molecule has 1 heterocycles. The Hall–Kier alpha value is -2.15. The van der Waals surface area contributed by atoms with E-state index in [9.17, 15) is 4.79 Å². The van der Waals surface area contributed by atoms with Crippen LogP contribution >= 0.6 is 22.9 Å². The molecule has 1 amide bonds. The van der Waals surface area contributed by atoms with Gasteiger partial charge >= 0.3 is 0 Å². The molecule has 7 heteroatoms. The number of likely N-dealkylation sites (N-methyl/N-ethyl adjacent to an activating group) is 1. The van der Waals surface area contributed by atoms with E-state index in [0.29, 0.717) is 28.0 Å². The summed E-state index contributed by atoms with van der Waals surface area (Å²) in [4.78, 5) is 21.6. The highest BCUT2D eigenvalue weighted by molar-refractivity contribution is 7.22. The summed E-state index contributed by atoms with van der Waals surface area (Å²) in [5, 5.41) is 1.31. The monoisotopic (exact) mass is 389 g/mol. The number of methoxy groups -OCH3 is 1. The van der Waals surface area contributed by atoms with E-state index in [0.717, 1.165) is 16.8 Å². The molecule has 0 N–H and O–H groups in total. The van der Waals surface area contributed by atoms with Crippen LogP contribution in [0, 0.1) is 0 Å². The van der Waals surface area contributed by atoms with Crippen molar-refractivity contribution in [3.05, 3.63) is 53.1 Å². The molecule has 26 heavy (non-hydrogen) atoms. The number of carbonyl (C=O) groups is 1. The first-order valence-corrected chi connectivity index (χ1v) is 9.34. The van der Waals surface area contributed by atoms with E-state index < -0.39 is 0 Å². The third-order valence-corrected chi connectivity index (χ3v) is 5.20. The van der Waals surface area contributed by atoms with Crippen molar-refractivity contribution in [3.8, 4) is 5.75 Å². The number of carbonyl (C=O) groups excluding carboxylic acids is 1. The average molecular weight is 390 g/mol. The Morgan fingerprint density at radius 3 is 2.69 bits per heavy atom. The van der Waals surface area contributed by atoms with Crippen LogP contribution in [0.5, 0.6) is 5.75 Å². The molecule has 0 aliphatic rings. The third kappa shape index (κ3) is 3.98. The molecule has 3 aromatic rings. The number of nitrogens with zero attached hydrogens (tertiary/aromatic N) is 3. The molecule has 136 valence electrons. The first-order chi connectivity index (χ1) is 12.5. The minimum absolute atomic E-state index is 0.130. The number of rotatable bonds is 6. The highest BCUT2D eigenvalue weighted by Gasteiger charge is 2.23. The largest absolute Gasteiger partial charge is 0.496 e. The summed E-state index contributed by atoms with van der Waals surface area (Å²) in [7, 11) is 5.52. The summed E-state index contributed by atoms with van der Waals surface area (Å²) < 4.78 is 6.31. The Kier molecular flexibility index (Phi) is 5.76. The van der Waals surface area contributed by atoms with Crippen molar-refractivity contribution in [3.63, 3.8) is 0 Å². The van der Waals surface area contributed by atoms with E-state index in [4.69, 9.17) is 16.3 Å². The van der Waals surface area contributed by atoms with Gasteiger partial charge in [0.2, 0.25) is 0 Å². The van der Waals surface area contributed by atoms with Gasteiger partial charge in [-0.2, -0.15) is 0 Å². The van der Waals surface area contributed by atoms with Gasteiger partial charge < -0.3 is 9.64 Å². The van der Waals surface area contributed by atoms with E-state index in [-0.39, 0.29) is 5.91 Å². The zero-order valence-corrected chi connectivity index (χ0v) is 16.5. The van der Waals surface area contributed by atoms with Crippen LogP contribution in [0.3, 0.4) is 0 Å². The average Bonchev–Trinajstić information content (AvgIpc) is 3.04. The Morgan fingerprint density at radius 1 is 1.19 bits per heavy atom. The van der Waals surface area contributed by atoms with Gasteiger partial charge in [0.25, 0.3) is 5.91 Å². The zero-order chi connectivity index (χ0) is 18.7. The van der Waals surface area contributed by atoms with E-state index >= 15 is 0 Å². The number of fused-ring (bicyclic) bond motifs is 1. The van der Waals surface area contributed by atoms with Crippen LogP contribution in [0.25, 0.3) is 10.2 Å². The first kappa shape index (κ1) is 18.6. The van der Waals surface area contributed by atoms with Crippen LogP contribution in [-0.2, 0) is 0 Å². The maximum atomic E-state index is 13.2. The second kappa shape index (κ2) is 8.03. The quantitative estimate of drug-likeness (QED) is 0.634. The summed E-state index contributed by atoms with van der Waals surface area (Å²) in [5.41, 5.74) is 1.35. The summed E-state index contributed by atoms with van der Waals surface area (Å²) in [6, 6.07) is 12.8. The molecule has 1 aromatic heterocycles. The fraction of sp³-hybridized carbons (Fsp3) is 0.263. The zero-order valence-electron chi connectivity index (χ0n) is 14.9. The molecule has 0 radical (unpaired) electrons. The molecule has 0 bridgehead atoms. The number of ether oxygens (including phenoxy) is 1. The lowest BCUT2D eigenvalue weighted by molar-refractivity contribution is 0.0982. The second-order valence-corrected chi connectivity index (χ2v) is 7.51. The smallest absolute Gasteiger partial charge is 0.263 e. The fourth-order valence-electron chi connectivity index (χ4n) is 2.55. The minimum atomic E-state index is -0.130. The number of hydrogen-bond acceptors (Lipinski definition) is 5. The van der Waals surface area contributed by atoms with Crippen molar-refractivity contribution < 1.29 is 9.53 Å². The number of hydrogen-bond donors (Lipinski definition) is 0. The lowest BCUT2D eigenvalue weighted by Crippen LogP contribution is -2.36. The van der Waals surface area contributed by atoms with Gasteiger partial charge in [0.15, 0.2) is 5.13 Å². The Labute approximate surface area is 161 Å². The summed E-state index contributed by atoms with van der Waals surface area (Å²) in [5.74, 6) is 0.422. The number of aromatic nitrogens is 1. The SMILES string of the molecule is COc1ccccc1C(=O)N(CCN(C)C)c1nc2ccc(Cl)cc2s1. The van der Waals surface area contributed by atoms with Gasteiger partial charge in [0.1, 0.15) is 5.75 Å². The van der Waals surface area contributed by atoms with E-state index in [2.05, 4.69) is 4.98 Å². The van der Waals surface area contributed by atoms with E-state index in [1.165, 1.54) is 11.3 Å². The molecule has 0 saturated heterocycles. The third-order valence-electron chi connectivity index (χ3n) is 3.92. The van der Waals surface area contributed by atoms with Gasteiger partial charge in [-0.15, -0.1) is 0 Å². The summed E-state index contributed by atoms with van der Waals surface area (Å²) in [6.45, 7) is 1.25. The van der Waals surface area contributed by atoms with Gasteiger partial charge in [-0.05, 0) is 44.4 Å². The first-order valence-electron chi connectivity index (χ1n) is 8.15. The highest BCUT2D eigenvalue weighted by atomic mass is 35.5. The van der Waals surface area contributed by atoms with E-state index in [1.54, 1.807) is 30.2 Å². The molecule has 0 atom stereocenters. The molecular formula is C19H20ClN3O2S. The van der Waals surface area contributed by atoms with Crippen molar-refractivity contribution in [1.29, 1.82) is 0 Å². The van der Waals surface area contributed by atoms with Gasteiger partial charge in [-0.25, -0.2) is 4.98 Å². The van der Waals surface area contributed by atoms with Crippen molar-refractivity contribution in [1.82, 2.24) is 9.88 Å². The summed E-state index contributed by atoms with van der Waals surface area (Å²) in [6.07, 6.45) is 0. The molecular weight excluding hydrogens is 370 g/mol. The maximum absolute atomic E-state index is 13.2. The molecule has 2 aromatic carbocycles. The molecule has 0 aliphatic carbocycles. The molecule has 0 spiro atoms. The predicted octanol–water partition coefficient (Wildman–Crippen LogP) is 4.17. The Balaban J connectivity index is 2.01. The molecule has 0 saturated carbocycles. The van der Waals surface area contributed by atoms with E-state index in [1.807, 2.05) is 43.3 Å². The highest BCUT2D eigenvalue weighted by Crippen LogP contribution is 2.32. The standard InChI is InChI=1S/C19H20ClN3O2S/c1-22(2)10-11-23(18(24)14-6-4-5-7-16(14)25-3)19-21-15-9-8-13(20)12-17(15)26-19/h4-9,12H,10-11H2,1-3H3. The molecule has 5 nitrogen and oxygen atoms in total. The van der Waals surface area contributed by atoms with Crippen molar-refractivity contribution in [2.45, 2.75) is 0 Å². The lowest BCUT2D eigenvalue weighted by atomic mass is 10.1. The van der Waals surface area contributed by atoms with Crippen molar-refractivity contribution in [2.75, 3.05) is 39.2 Å². The lowest BCUT2D eigenvalue weighted by Gasteiger charge is -2.22. The maximum Gasteiger partial charge on any atom is 0.263 e. The number of benzene rings is 2. The normalized spacial score (nSPS) is 11.1. The number of halogens is 1. The van der Waals surface area contributed by atoms with Crippen LogP contribution in [0.1, 0.15) is 10.4 Å². The van der Waals surface area contributed by atoms with Crippen LogP contribution < -0.4 is 9.64 Å². The van der Waals surface area contributed by atoms with Crippen LogP contribution in [-0.4, -0.2) is 50.1 Å². The van der Waals surface area contributed by atoms with Crippen LogP contribution in [0.15, 0.2) is 42.5 Å². The van der Waals surface area contributed by atoms with Gasteiger partial charge in [0, 0.05) is 18.1 Å². The molecule has 0 fully saturated rings. The molecule has 0 unspecified atom stereocenters. The summed E-state index contributed by atoms with van der Waals surface area (Å²) >= 11 is 7.54. The topological polar surface area (TPSA) is 45.7 Å². The van der Waals surface area contributed by atoms with Gasteiger partial charge in [-0.3, -0.25) is 9.69 Å². The predicted molar refractivity (Wildman–Crippen MR) is 108 cm³/mol. The molecule has 0 aliphatic heterocycles. The van der Waals surface area contributed by atoms with Crippen LogP contribution in [0.2, 0.25) is 5.02 Å². The van der Waals surface area contributed by atoms with Crippen LogP contribution in [0.4, 0.5) is 5.13 Å². The minimum Gasteiger partial charge on any atom is -0.496 e. The number of amides is 1. The Morgan fingerprint density at radius 2 is 1.96 bits per heavy atom. The Bertz CT molecular complexity index is 926. The number of anilines is 1. The fourth-order valence-corrected chi connectivity index (χ4v) is 3.82. The molecule has 3 rings (SSSR count). The van der Waals surface area contributed by atoms with Gasteiger partial charge in [0.05, 0.1) is 22.9 Å². The van der Waals surface area contributed by atoms with Crippen molar-refractivity contribution in [2.24, 2.45) is 0 Å². The van der Waals surface area contributed by atoms with Gasteiger partial charge in [-0.1, -0.05) is 35.1 Å².